The van der Waals surface area contributed by atoms with Crippen LogP contribution < -0.4 is 11.1 Å². The summed E-state index contributed by atoms with van der Waals surface area (Å²) in [5, 5.41) is 2.87. The van der Waals surface area contributed by atoms with Gasteiger partial charge in [0.2, 0.25) is 0 Å². The fourth-order valence-electron chi connectivity index (χ4n) is 1.43. The van der Waals surface area contributed by atoms with Crippen molar-refractivity contribution in [3.8, 4) is 0 Å². The average Bonchev–Trinajstić information content (AvgIpc) is 2.21. The van der Waals surface area contributed by atoms with Crippen molar-refractivity contribution in [1.82, 2.24) is 0 Å². The maximum Gasteiger partial charge on any atom is 0.128 e. The zero-order valence-electron chi connectivity index (χ0n) is 8.68. The van der Waals surface area contributed by atoms with Gasteiger partial charge in [0.15, 0.2) is 0 Å². The predicted octanol–water partition coefficient (Wildman–Crippen LogP) is 3.90. The molecule has 0 fully saturated rings. The van der Waals surface area contributed by atoms with E-state index in [0.717, 1.165) is 9.64 Å². The van der Waals surface area contributed by atoms with Gasteiger partial charge in [0.05, 0.1) is 11.4 Å². The molecule has 0 aliphatic heterocycles. The van der Waals surface area contributed by atoms with Gasteiger partial charge < -0.3 is 11.1 Å². The summed E-state index contributed by atoms with van der Waals surface area (Å²) in [7, 11) is 0. The largest absolute Gasteiger partial charge is 0.397 e. The van der Waals surface area contributed by atoms with Gasteiger partial charge in [0.25, 0.3) is 0 Å². The van der Waals surface area contributed by atoms with Crippen molar-refractivity contribution < 1.29 is 8.78 Å². The lowest BCUT2D eigenvalue weighted by Crippen LogP contribution is -1.97. The Morgan fingerprint density at radius 3 is 2.24 bits per heavy atom. The quantitative estimate of drug-likeness (QED) is 0.640. The number of hydrogen-bond acceptors (Lipinski definition) is 2. The first-order valence-corrected chi connectivity index (χ1v) is 5.90. The van der Waals surface area contributed by atoms with E-state index in [4.69, 9.17) is 5.73 Å². The normalized spacial score (nSPS) is 10.3. The Labute approximate surface area is 111 Å². The summed E-state index contributed by atoms with van der Waals surface area (Å²) in [6, 6.07) is 8.64. The highest BCUT2D eigenvalue weighted by Crippen LogP contribution is 2.25. The Morgan fingerprint density at radius 2 is 1.65 bits per heavy atom. The molecule has 0 amide bonds. The van der Waals surface area contributed by atoms with Crippen molar-refractivity contribution >= 4 is 39.7 Å². The molecule has 17 heavy (non-hydrogen) atoms. The lowest BCUT2D eigenvalue weighted by atomic mass is 10.2. The smallest absolute Gasteiger partial charge is 0.128 e. The van der Waals surface area contributed by atoms with E-state index < -0.39 is 11.6 Å². The van der Waals surface area contributed by atoms with Gasteiger partial charge in [-0.2, -0.15) is 0 Å². The van der Waals surface area contributed by atoms with Crippen LogP contribution in [-0.2, 0) is 0 Å². The van der Waals surface area contributed by atoms with E-state index in [0.29, 0.717) is 17.1 Å². The van der Waals surface area contributed by atoms with Crippen LogP contribution in [0.2, 0.25) is 0 Å². The van der Waals surface area contributed by atoms with E-state index in [1.54, 1.807) is 12.1 Å². The van der Waals surface area contributed by atoms with Gasteiger partial charge >= 0.3 is 0 Å². The molecule has 5 heteroatoms. The SMILES string of the molecule is Nc1cc(I)ccc1Nc1cc(F)cc(F)c1. The minimum atomic E-state index is -0.628. The van der Waals surface area contributed by atoms with E-state index in [2.05, 4.69) is 27.9 Å². The predicted molar refractivity (Wildman–Crippen MR) is 73.2 cm³/mol. The van der Waals surface area contributed by atoms with Gasteiger partial charge in [-0.05, 0) is 52.9 Å². The van der Waals surface area contributed by atoms with Gasteiger partial charge in [-0.3, -0.25) is 0 Å². The maximum atomic E-state index is 13.0. The minimum Gasteiger partial charge on any atom is -0.397 e. The summed E-state index contributed by atoms with van der Waals surface area (Å²) in [6.07, 6.45) is 0. The monoisotopic (exact) mass is 346 g/mol. The molecule has 0 aliphatic rings. The second-order valence-corrected chi connectivity index (χ2v) is 4.76. The van der Waals surface area contributed by atoms with Crippen LogP contribution in [0.3, 0.4) is 0 Å². The van der Waals surface area contributed by atoms with Crippen LogP contribution in [0.25, 0.3) is 0 Å². The molecular formula is C12H9F2IN2. The van der Waals surface area contributed by atoms with Crippen molar-refractivity contribution in [3.63, 3.8) is 0 Å². The molecule has 0 spiro atoms. The first-order valence-electron chi connectivity index (χ1n) is 4.83. The van der Waals surface area contributed by atoms with E-state index >= 15 is 0 Å². The number of benzene rings is 2. The fourth-order valence-corrected chi connectivity index (χ4v) is 1.94. The van der Waals surface area contributed by atoms with Gasteiger partial charge in [-0.1, -0.05) is 0 Å². The first kappa shape index (κ1) is 12.1. The molecular weight excluding hydrogens is 337 g/mol. The van der Waals surface area contributed by atoms with Crippen molar-refractivity contribution in [2.24, 2.45) is 0 Å². The number of rotatable bonds is 2. The summed E-state index contributed by atoms with van der Waals surface area (Å²) in [6.45, 7) is 0. The van der Waals surface area contributed by atoms with Crippen LogP contribution in [0.4, 0.5) is 25.8 Å². The number of nitrogen functional groups attached to an aromatic ring is 1. The highest BCUT2D eigenvalue weighted by Gasteiger charge is 2.03. The highest BCUT2D eigenvalue weighted by molar-refractivity contribution is 14.1. The number of halogens is 3. The summed E-state index contributed by atoms with van der Waals surface area (Å²) in [5.74, 6) is -1.26. The number of nitrogens with two attached hydrogens (primary N) is 1. The molecule has 2 aromatic rings. The molecule has 0 saturated heterocycles. The van der Waals surface area contributed by atoms with Crippen LogP contribution in [-0.4, -0.2) is 0 Å². The number of nitrogens with one attached hydrogen (secondary N) is 1. The summed E-state index contributed by atoms with van der Waals surface area (Å²) in [5.41, 5.74) is 7.27. The summed E-state index contributed by atoms with van der Waals surface area (Å²) >= 11 is 2.14. The fraction of sp³-hybridized carbons (Fsp3) is 0. The van der Waals surface area contributed by atoms with Crippen molar-refractivity contribution in [3.05, 3.63) is 51.6 Å². The van der Waals surface area contributed by atoms with Gasteiger partial charge in [-0.15, -0.1) is 0 Å². The molecule has 0 aliphatic carbocycles. The zero-order valence-corrected chi connectivity index (χ0v) is 10.8. The molecule has 0 unspecified atom stereocenters. The van der Waals surface area contributed by atoms with E-state index in [9.17, 15) is 8.78 Å². The summed E-state index contributed by atoms with van der Waals surface area (Å²) in [4.78, 5) is 0. The molecule has 3 N–H and O–H groups in total. The third kappa shape index (κ3) is 3.06. The molecule has 0 aromatic heterocycles. The Bertz CT molecular complexity index is 538. The van der Waals surface area contributed by atoms with Crippen LogP contribution in [0, 0.1) is 15.2 Å². The minimum absolute atomic E-state index is 0.329. The molecule has 2 aromatic carbocycles. The molecule has 0 saturated carbocycles. The third-order valence-electron chi connectivity index (χ3n) is 2.16. The third-order valence-corrected chi connectivity index (χ3v) is 2.83. The molecule has 0 radical (unpaired) electrons. The Hall–Kier alpha value is -1.37. The van der Waals surface area contributed by atoms with Crippen LogP contribution in [0.15, 0.2) is 36.4 Å². The Balaban J connectivity index is 2.31. The molecule has 2 rings (SSSR count). The average molecular weight is 346 g/mol. The molecule has 0 atom stereocenters. The van der Waals surface area contributed by atoms with Crippen molar-refractivity contribution in [2.45, 2.75) is 0 Å². The number of hydrogen-bond donors (Lipinski definition) is 2. The van der Waals surface area contributed by atoms with Crippen LogP contribution in [0.5, 0.6) is 0 Å². The highest BCUT2D eigenvalue weighted by atomic mass is 127. The molecule has 88 valence electrons. The summed E-state index contributed by atoms with van der Waals surface area (Å²) < 4.78 is 27.0. The van der Waals surface area contributed by atoms with E-state index in [-0.39, 0.29) is 0 Å². The van der Waals surface area contributed by atoms with Gasteiger partial charge in [-0.25, -0.2) is 8.78 Å². The van der Waals surface area contributed by atoms with Gasteiger partial charge in [0.1, 0.15) is 11.6 Å². The zero-order chi connectivity index (χ0) is 12.4. The van der Waals surface area contributed by atoms with Gasteiger partial charge in [0, 0.05) is 15.3 Å². The lowest BCUT2D eigenvalue weighted by Gasteiger charge is -2.09. The molecule has 0 bridgehead atoms. The van der Waals surface area contributed by atoms with E-state index in [1.807, 2.05) is 6.07 Å². The lowest BCUT2D eigenvalue weighted by molar-refractivity contribution is 0.584. The van der Waals surface area contributed by atoms with Crippen LogP contribution >= 0.6 is 22.6 Å². The standard InChI is InChI=1S/C12H9F2IN2/c13-7-3-8(14)5-10(4-7)17-12-2-1-9(15)6-11(12)16/h1-6,17H,16H2. The second kappa shape index (κ2) is 4.87. The van der Waals surface area contributed by atoms with Crippen molar-refractivity contribution in [1.29, 1.82) is 0 Å². The maximum absolute atomic E-state index is 13.0. The number of anilines is 3. The second-order valence-electron chi connectivity index (χ2n) is 3.51. The Kier molecular flexibility index (Phi) is 3.46. The Morgan fingerprint density at radius 1 is 1.00 bits per heavy atom. The topological polar surface area (TPSA) is 38.0 Å². The molecule has 0 heterocycles. The first-order chi connectivity index (χ1) is 8.04. The van der Waals surface area contributed by atoms with E-state index in [1.165, 1.54) is 12.1 Å². The van der Waals surface area contributed by atoms with Crippen molar-refractivity contribution in [2.75, 3.05) is 11.1 Å². The van der Waals surface area contributed by atoms with Crippen LogP contribution in [0.1, 0.15) is 0 Å². The molecule has 2 nitrogen and oxygen atoms in total.